The molecule has 5 atom stereocenters. The van der Waals surface area contributed by atoms with Crippen LogP contribution in [0, 0.1) is 0 Å². The Morgan fingerprint density at radius 2 is 1.32 bits per heavy atom. The molecule has 1 fully saturated rings. The van der Waals surface area contributed by atoms with Crippen LogP contribution in [0.5, 0.6) is 0 Å². The predicted molar refractivity (Wildman–Crippen MR) is 96.4 cm³/mol. The fourth-order valence-electron chi connectivity index (χ4n) is 3.14. The van der Waals surface area contributed by atoms with Crippen molar-refractivity contribution >= 4 is 0 Å². The molecule has 1 saturated heterocycles. The van der Waals surface area contributed by atoms with Gasteiger partial charge in [0.25, 0.3) is 0 Å². The van der Waals surface area contributed by atoms with Crippen LogP contribution in [0.15, 0.2) is 0 Å². The summed E-state index contributed by atoms with van der Waals surface area (Å²) in [6.45, 7) is 3.03. The normalized spacial score (nSPS) is 29.9. The average Bonchev–Trinajstić information content (AvgIpc) is 2.62. The summed E-state index contributed by atoms with van der Waals surface area (Å²) in [5.74, 6) is 0. The number of ether oxygens (including phenoxy) is 3. The van der Waals surface area contributed by atoms with Gasteiger partial charge in [-0.15, -0.1) is 0 Å². The highest BCUT2D eigenvalue weighted by atomic mass is 16.7. The van der Waals surface area contributed by atoms with E-state index in [9.17, 15) is 15.3 Å². The van der Waals surface area contributed by atoms with E-state index in [0.717, 1.165) is 12.8 Å². The van der Waals surface area contributed by atoms with Crippen LogP contribution < -0.4 is 0 Å². The van der Waals surface area contributed by atoms with Crippen LogP contribution in [-0.4, -0.2) is 66.3 Å². The second-order valence-corrected chi connectivity index (χ2v) is 7.01. The zero-order valence-electron chi connectivity index (χ0n) is 15.9. The van der Waals surface area contributed by atoms with Gasteiger partial charge in [-0.3, -0.25) is 0 Å². The molecule has 0 aliphatic carbocycles. The molecule has 0 radical (unpaired) electrons. The molecule has 2 unspecified atom stereocenters. The molecule has 1 aliphatic heterocycles. The molecular weight excluding hydrogens is 324 g/mol. The zero-order chi connectivity index (χ0) is 18.5. The van der Waals surface area contributed by atoms with E-state index in [2.05, 4.69) is 6.92 Å². The number of methoxy groups -OCH3 is 1. The van der Waals surface area contributed by atoms with Gasteiger partial charge in [-0.1, -0.05) is 64.7 Å². The van der Waals surface area contributed by atoms with E-state index >= 15 is 0 Å². The van der Waals surface area contributed by atoms with Gasteiger partial charge in [0.2, 0.25) is 0 Å². The van der Waals surface area contributed by atoms with Crippen molar-refractivity contribution in [1.82, 2.24) is 0 Å². The van der Waals surface area contributed by atoms with Gasteiger partial charge in [0.05, 0.1) is 6.61 Å². The van der Waals surface area contributed by atoms with Crippen molar-refractivity contribution in [1.29, 1.82) is 0 Å². The summed E-state index contributed by atoms with van der Waals surface area (Å²) in [6, 6.07) is 0. The van der Waals surface area contributed by atoms with E-state index in [1.807, 2.05) is 0 Å². The van der Waals surface area contributed by atoms with Gasteiger partial charge in [0, 0.05) is 13.7 Å². The monoisotopic (exact) mass is 362 g/mol. The minimum atomic E-state index is -1.29. The lowest BCUT2D eigenvalue weighted by atomic mass is 9.99. The molecule has 6 heteroatoms. The Balaban J connectivity index is 1.99. The van der Waals surface area contributed by atoms with Crippen molar-refractivity contribution in [2.75, 3.05) is 20.3 Å². The molecule has 0 spiro atoms. The first-order valence-corrected chi connectivity index (χ1v) is 9.92. The number of aliphatic hydroxyl groups excluding tert-OH is 3. The summed E-state index contributed by atoms with van der Waals surface area (Å²) in [4.78, 5) is 0. The smallest absolute Gasteiger partial charge is 0.186 e. The van der Waals surface area contributed by atoms with E-state index < -0.39 is 30.7 Å². The summed E-state index contributed by atoms with van der Waals surface area (Å²) < 4.78 is 15.9. The topological polar surface area (TPSA) is 88.4 Å². The third kappa shape index (κ3) is 8.80. The number of hydrogen-bond donors (Lipinski definition) is 3. The molecule has 0 aromatic heterocycles. The van der Waals surface area contributed by atoms with Crippen molar-refractivity contribution in [2.45, 2.75) is 102 Å². The first-order chi connectivity index (χ1) is 12.1. The molecule has 25 heavy (non-hydrogen) atoms. The third-order valence-electron chi connectivity index (χ3n) is 4.83. The Kier molecular flexibility index (Phi) is 12.7. The van der Waals surface area contributed by atoms with E-state index in [4.69, 9.17) is 14.2 Å². The lowest BCUT2D eigenvalue weighted by Gasteiger charge is -2.39. The first-order valence-electron chi connectivity index (χ1n) is 9.92. The van der Waals surface area contributed by atoms with Crippen molar-refractivity contribution in [2.24, 2.45) is 0 Å². The van der Waals surface area contributed by atoms with Crippen molar-refractivity contribution in [3.05, 3.63) is 0 Å². The third-order valence-corrected chi connectivity index (χ3v) is 4.83. The molecule has 1 heterocycles. The highest BCUT2D eigenvalue weighted by molar-refractivity contribution is 4.88. The van der Waals surface area contributed by atoms with Crippen LogP contribution in [0.25, 0.3) is 0 Å². The minimum absolute atomic E-state index is 0.183. The number of hydrogen-bond acceptors (Lipinski definition) is 6. The van der Waals surface area contributed by atoms with Crippen LogP contribution in [0.1, 0.15) is 71.1 Å². The van der Waals surface area contributed by atoms with Gasteiger partial charge in [-0.05, 0) is 6.42 Å². The van der Waals surface area contributed by atoms with Gasteiger partial charge in [0.1, 0.15) is 24.4 Å². The summed E-state index contributed by atoms with van der Waals surface area (Å²) in [5, 5.41) is 29.4. The Labute approximate surface area is 152 Å². The molecule has 0 saturated carbocycles. The molecule has 0 amide bonds. The lowest BCUT2D eigenvalue weighted by Crippen LogP contribution is -2.59. The average molecular weight is 363 g/mol. The van der Waals surface area contributed by atoms with Crippen LogP contribution in [0.3, 0.4) is 0 Å². The SMILES string of the molecule is CCCCCCCCCCCCOCC1O[C@H](OC)[C@H](O)C(O)[C@@H]1O. The molecule has 0 bridgehead atoms. The van der Waals surface area contributed by atoms with Gasteiger partial charge >= 0.3 is 0 Å². The van der Waals surface area contributed by atoms with E-state index in [1.54, 1.807) is 0 Å². The van der Waals surface area contributed by atoms with Crippen LogP contribution in [0.2, 0.25) is 0 Å². The lowest BCUT2D eigenvalue weighted by molar-refractivity contribution is -0.296. The van der Waals surface area contributed by atoms with Gasteiger partial charge < -0.3 is 29.5 Å². The minimum Gasteiger partial charge on any atom is -0.387 e. The molecule has 0 aromatic rings. The fraction of sp³-hybridized carbons (Fsp3) is 1.00. The van der Waals surface area contributed by atoms with E-state index in [1.165, 1.54) is 58.5 Å². The molecular formula is C19H38O6. The summed E-state index contributed by atoms with van der Waals surface area (Å²) >= 11 is 0. The van der Waals surface area contributed by atoms with Crippen molar-refractivity contribution in [3.63, 3.8) is 0 Å². The number of unbranched alkanes of at least 4 members (excludes halogenated alkanes) is 9. The summed E-state index contributed by atoms with van der Waals surface area (Å²) in [5.41, 5.74) is 0. The van der Waals surface area contributed by atoms with Crippen LogP contribution in [-0.2, 0) is 14.2 Å². The van der Waals surface area contributed by atoms with Crippen LogP contribution >= 0.6 is 0 Å². The van der Waals surface area contributed by atoms with Crippen molar-refractivity contribution < 1.29 is 29.5 Å². The summed E-state index contributed by atoms with van der Waals surface area (Å²) in [7, 11) is 1.39. The highest BCUT2D eigenvalue weighted by Gasteiger charge is 2.43. The Morgan fingerprint density at radius 1 is 0.760 bits per heavy atom. The quantitative estimate of drug-likeness (QED) is 0.411. The zero-order valence-corrected chi connectivity index (χ0v) is 15.9. The maximum absolute atomic E-state index is 9.93. The predicted octanol–water partition coefficient (Wildman–Crippen LogP) is 2.38. The molecule has 1 aliphatic rings. The van der Waals surface area contributed by atoms with Gasteiger partial charge in [0.15, 0.2) is 6.29 Å². The van der Waals surface area contributed by atoms with Crippen LogP contribution in [0.4, 0.5) is 0 Å². The Hall–Kier alpha value is -0.240. The molecule has 3 N–H and O–H groups in total. The number of aliphatic hydroxyl groups is 3. The van der Waals surface area contributed by atoms with Gasteiger partial charge in [-0.25, -0.2) is 0 Å². The first kappa shape index (κ1) is 22.8. The second kappa shape index (κ2) is 13.9. The standard InChI is InChI=1S/C19H38O6/c1-3-4-5-6-7-8-9-10-11-12-13-24-14-15-16(20)17(21)18(22)19(23-2)25-15/h15-22H,3-14H2,1-2H3/t15?,16-,17?,18-,19+/m1/s1. The van der Waals surface area contributed by atoms with E-state index in [-0.39, 0.29) is 6.61 Å². The highest BCUT2D eigenvalue weighted by Crippen LogP contribution is 2.22. The molecule has 150 valence electrons. The van der Waals surface area contributed by atoms with E-state index in [0.29, 0.717) is 6.61 Å². The Bertz CT molecular complexity index is 312. The largest absolute Gasteiger partial charge is 0.387 e. The Morgan fingerprint density at radius 3 is 1.88 bits per heavy atom. The summed E-state index contributed by atoms with van der Waals surface area (Å²) in [6.07, 6.45) is 7.38. The maximum atomic E-state index is 9.93. The number of rotatable bonds is 14. The second-order valence-electron chi connectivity index (χ2n) is 7.01. The fourth-order valence-corrected chi connectivity index (χ4v) is 3.14. The van der Waals surface area contributed by atoms with Gasteiger partial charge in [-0.2, -0.15) is 0 Å². The molecule has 6 nitrogen and oxygen atoms in total. The molecule has 1 rings (SSSR count). The van der Waals surface area contributed by atoms with Crippen molar-refractivity contribution in [3.8, 4) is 0 Å². The molecule has 0 aromatic carbocycles. The maximum Gasteiger partial charge on any atom is 0.186 e.